The Balaban J connectivity index is 5.02. The van der Waals surface area contributed by atoms with Crippen LogP contribution in [0.4, 0.5) is 0 Å². The molecule has 0 rings (SSSR count). The third kappa shape index (κ3) is 5.45. The first-order valence-electron chi connectivity index (χ1n) is 6.89. The average Bonchev–Trinajstić information content (AvgIpc) is 2.31. The van der Waals surface area contributed by atoms with Crippen molar-refractivity contribution < 1.29 is 4.79 Å². The van der Waals surface area contributed by atoms with Crippen LogP contribution in [0.5, 0.6) is 0 Å². The number of carbonyl (C=O) groups excluding carboxylic acids is 1. The van der Waals surface area contributed by atoms with Gasteiger partial charge >= 0.3 is 0 Å². The molecule has 1 atom stereocenters. The molecule has 4 nitrogen and oxygen atoms in total. The van der Waals surface area contributed by atoms with Gasteiger partial charge in [-0.2, -0.15) is 0 Å². The molecule has 0 bridgehead atoms. The lowest BCUT2D eigenvalue weighted by molar-refractivity contribution is -0.138. The number of nitrogens with two attached hydrogens (primary N) is 1. The Labute approximate surface area is 123 Å². The number of rotatable bonds is 8. The summed E-state index contributed by atoms with van der Waals surface area (Å²) in [6, 6.07) is 0. The van der Waals surface area contributed by atoms with Crippen molar-refractivity contribution in [3.63, 3.8) is 0 Å². The van der Waals surface area contributed by atoms with E-state index in [2.05, 4.69) is 18.7 Å². The van der Waals surface area contributed by atoms with Crippen LogP contribution in [0.25, 0.3) is 0 Å². The molecule has 0 fully saturated rings. The fourth-order valence-corrected chi connectivity index (χ4v) is 2.05. The van der Waals surface area contributed by atoms with Gasteiger partial charge in [0, 0.05) is 19.6 Å². The molecule has 2 N–H and O–H groups in total. The lowest BCUT2D eigenvalue weighted by Crippen LogP contribution is -2.51. The molecule has 0 heterocycles. The minimum atomic E-state index is -0.726. The van der Waals surface area contributed by atoms with E-state index in [-0.39, 0.29) is 5.91 Å². The molecule has 112 valence electrons. The summed E-state index contributed by atoms with van der Waals surface area (Å²) in [5, 5.41) is 0. The summed E-state index contributed by atoms with van der Waals surface area (Å²) in [6.07, 6.45) is 0.637. The van der Waals surface area contributed by atoms with Crippen LogP contribution in [-0.2, 0) is 4.79 Å². The number of thiocarbonyl (C=S) groups is 1. The van der Waals surface area contributed by atoms with Crippen LogP contribution in [0.1, 0.15) is 34.1 Å². The fourth-order valence-electron chi connectivity index (χ4n) is 1.82. The molecule has 0 aromatic rings. The van der Waals surface area contributed by atoms with Crippen molar-refractivity contribution in [2.75, 3.05) is 33.7 Å². The summed E-state index contributed by atoms with van der Waals surface area (Å²) in [5.41, 5.74) is 5.05. The molecular weight excluding hydrogens is 258 g/mol. The van der Waals surface area contributed by atoms with Gasteiger partial charge in [0.1, 0.15) is 0 Å². The summed E-state index contributed by atoms with van der Waals surface area (Å²) >= 11 is 5.09. The Morgan fingerprint density at radius 2 is 1.84 bits per heavy atom. The van der Waals surface area contributed by atoms with Crippen molar-refractivity contribution in [1.82, 2.24) is 9.80 Å². The Hall–Kier alpha value is -0.680. The molecule has 0 aliphatic carbocycles. The van der Waals surface area contributed by atoms with Crippen molar-refractivity contribution in [1.29, 1.82) is 0 Å². The van der Waals surface area contributed by atoms with Crippen molar-refractivity contribution in [2.24, 2.45) is 17.1 Å². The van der Waals surface area contributed by atoms with E-state index in [9.17, 15) is 4.79 Å². The maximum atomic E-state index is 12.7. The SMILES string of the molecule is CCC(C)(C(=O)N(CCN(C)C)CC(C)C)C(N)=S. The van der Waals surface area contributed by atoms with Gasteiger partial charge in [-0.25, -0.2) is 0 Å². The normalized spacial score (nSPS) is 14.5. The molecule has 1 unspecified atom stereocenters. The van der Waals surface area contributed by atoms with Crippen LogP contribution in [0.3, 0.4) is 0 Å². The number of amides is 1. The summed E-state index contributed by atoms with van der Waals surface area (Å²) in [5.74, 6) is 0.483. The van der Waals surface area contributed by atoms with E-state index in [1.165, 1.54) is 0 Å². The van der Waals surface area contributed by atoms with Crippen LogP contribution in [0, 0.1) is 11.3 Å². The Kier molecular flexibility index (Phi) is 7.52. The van der Waals surface area contributed by atoms with E-state index in [0.29, 0.717) is 23.9 Å². The van der Waals surface area contributed by atoms with Crippen LogP contribution in [0.2, 0.25) is 0 Å². The van der Waals surface area contributed by atoms with Gasteiger partial charge < -0.3 is 15.5 Å². The molecule has 0 spiro atoms. The van der Waals surface area contributed by atoms with Gasteiger partial charge in [0.05, 0.1) is 10.4 Å². The van der Waals surface area contributed by atoms with Crippen molar-refractivity contribution in [3.05, 3.63) is 0 Å². The second-order valence-corrected chi connectivity index (χ2v) is 6.44. The van der Waals surface area contributed by atoms with Crippen LogP contribution in [0.15, 0.2) is 0 Å². The van der Waals surface area contributed by atoms with Gasteiger partial charge in [0.2, 0.25) is 5.91 Å². The zero-order valence-electron chi connectivity index (χ0n) is 13.2. The van der Waals surface area contributed by atoms with Gasteiger partial charge in [-0.15, -0.1) is 0 Å². The third-order valence-corrected chi connectivity index (χ3v) is 3.86. The van der Waals surface area contributed by atoms with E-state index in [1.54, 1.807) is 0 Å². The monoisotopic (exact) mass is 287 g/mol. The Morgan fingerprint density at radius 1 is 1.32 bits per heavy atom. The molecule has 0 aliphatic heterocycles. The van der Waals surface area contributed by atoms with Gasteiger partial charge in [0.25, 0.3) is 0 Å². The molecule has 0 saturated heterocycles. The van der Waals surface area contributed by atoms with E-state index in [1.807, 2.05) is 32.8 Å². The first-order chi connectivity index (χ1) is 8.65. The van der Waals surface area contributed by atoms with Gasteiger partial charge in [-0.3, -0.25) is 4.79 Å². The topological polar surface area (TPSA) is 49.6 Å². The fraction of sp³-hybridized carbons (Fsp3) is 0.857. The van der Waals surface area contributed by atoms with E-state index in [4.69, 9.17) is 18.0 Å². The summed E-state index contributed by atoms with van der Waals surface area (Å²) < 4.78 is 0. The summed E-state index contributed by atoms with van der Waals surface area (Å²) in [7, 11) is 4.01. The molecule has 0 radical (unpaired) electrons. The number of nitrogens with zero attached hydrogens (tertiary/aromatic N) is 2. The Morgan fingerprint density at radius 3 is 2.16 bits per heavy atom. The summed E-state index contributed by atoms with van der Waals surface area (Å²) in [6.45, 7) is 10.3. The lowest BCUT2D eigenvalue weighted by Gasteiger charge is -2.34. The first-order valence-corrected chi connectivity index (χ1v) is 7.30. The smallest absolute Gasteiger partial charge is 0.235 e. The van der Waals surface area contributed by atoms with Crippen molar-refractivity contribution >= 4 is 23.1 Å². The zero-order chi connectivity index (χ0) is 15.2. The highest BCUT2D eigenvalue weighted by molar-refractivity contribution is 7.80. The highest BCUT2D eigenvalue weighted by atomic mass is 32.1. The van der Waals surface area contributed by atoms with Gasteiger partial charge in [0.15, 0.2) is 0 Å². The second-order valence-electron chi connectivity index (χ2n) is 6.00. The molecule has 0 saturated carbocycles. The number of hydrogen-bond acceptors (Lipinski definition) is 3. The van der Waals surface area contributed by atoms with E-state index in [0.717, 1.165) is 13.1 Å². The highest BCUT2D eigenvalue weighted by Crippen LogP contribution is 2.25. The van der Waals surface area contributed by atoms with Crippen LogP contribution in [-0.4, -0.2) is 54.4 Å². The zero-order valence-corrected chi connectivity index (χ0v) is 14.0. The predicted molar refractivity (Wildman–Crippen MR) is 85.2 cm³/mol. The minimum Gasteiger partial charge on any atom is -0.392 e. The van der Waals surface area contributed by atoms with E-state index >= 15 is 0 Å². The Bertz CT molecular complexity index is 318. The average molecular weight is 287 g/mol. The standard InChI is InChI=1S/C14H29N3OS/c1-7-14(4,12(15)19)13(18)17(10-11(2)3)9-8-16(5)6/h11H,7-10H2,1-6H3,(H2,15,19). The highest BCUT2D eigenvalue weighted by Gasteiger charge is 2.37. The predicted octanol–water partition coefficient (Wildman–Crippen LogP) is 1.74. The van der Waals surface area contributed by atoms with E-state index < -0.39 is 5.41 Å². The minimum absolute atomic E-state index is 0.0538. The first kappa shape index (κ1) is 18.3. The van der Waals surface area contributed by atoms with Crippen molar-refractivity contribution in [3.8, 4) is 0 Å². The van der Waals surface area contributed by atoms with Crippen molar-refractivity contribution in [2.45, 2.75) is 34.1 Å². The maximum Gasteiger partial charge on any atom is 0.235 e. The van der Waals surface area contributed by atoms with Gasteiger partial charge in [-0.1, -0.05) is 33.0 Å². The van der Waals surface area contributed by atoms with Crippen LogP contribution < -0.4 is 5.73 Å². The molecular formula is C14H29N3OS. The molecule has 0 aliphatic rings. The third-order valence-electron chi connectivity index (χ3n) is 3.41. The van der Waals surface area contributed by atoms with Crippen LogP contribution >= 0.6 is 12.2 Å². The maximum absolute atomic E-state index is 12.7. The molecule has 5 heteroatoms. The number of carbonyl (C=O) groups is 1. The number of likely N-dealkylation sites (N-methyl/N-ethyl adjacent to an activating group) is 1. The molecule has 1 amide bonds. The summed E-state index contributed by atoms with van der Waals surface area (Å²) in [4.78, 5) is 17.0. The number of hydrogen-bond donors (Lipinski definition) is 1. The molecule has 19 heavy (non-hydrogen) atoms. The molecule has 0 aromatic carbocycles. The largest absolute Gasteiger partial charge is 0.392 e. The van der Waals surface area contributed by atoms with Gasteiger partial charge in [-0.05, 0) is 33.4 Å². The quantitative estimate of drug-likeness (QED) is 0.691. The lowest BCUT2D eigenvalue weighted by atomic mass is 9.85. The second kappa shape index (κ2) is 7.80. The molecule has 0 aromatic heterocycles.